The predicted octanol–water partition coefficient (Wildman–Crippen LogP) is 12.7. The van der Waals surface area contributed by atoms with Crippen LogP contribution in [-0.4, -0.2) is 44.3 Å². The van der Waals surface area contributed by atoms with Gasteiger partial charge >= 0.3 is 23.9 Å². The van der Waals surface area contributed by atoms with Crippen LogP contribution in [0.2, 0.25) is 0 Å². The van der Waals surface area contributed by atoms with E-state index in [4.69, 9.17) is 0 Å². The van der Waals surface area contributed by atoms with Crippen LogP contribution in [-0.2, 0) is 4.79 Å². The molecular weight excluding hydrogens is 853 g/mol. The van der Waals surface area contributed by atoms with Crippen molar-refractivity contribution >= 4 is 40.6 Å². The first kappa shape index (κ1) is 44.0. The molecule has 8 rings (SSSR count). The molecule has 0 aliphatic heterocycles. The van der Waals surface area contributed by atoms with Crippen LogP contribution in [0.25, 0.3) is 50.1 Å². The number of rotatable bonds is 12. The number of allylic oxidation sites excluding steroid dienone is 3. The number of benzene rings is 7. The zero-order valence-electron chi connectivity index (χ0n) is 34.4. The molecule has 0 unspecified atom stereocenters. The second-order valence-electron chi connectivity index (χ2n) is 15.4. The Balaban J connectivity index is 1.32. The molecule has 1 aliphatic rings. The number of carbonyl (C=O) groups is 4. The third-order valence-corrected chi connectivity index (χ3v) is 11.4. The molecule has 0 bridgehead atoms. The summed E-state index contributed by atoms with van der Waals surface area (Å²) in [6, 6.07) is 40.3. The molecular formula is C54H34F4O8. The van der Waals surface area contributed by atoms with Gasteiger partial charge in [0.1, 0.15) is 23.3 Å². The molecule has 0 radical (unpaired) electrons. The van der Waals surface area contributed by atoms with Gasteiger partial charge in [-0.3, -0.25) is 0 Å². The van der Waals surface area contributed by atoms with Crippen molar-refractivity contribution in [2.75, 3.05) is 0 Å². The highest BCUT2D eigenvalue weighted by atomic mass is 19.1. The molecule has 0 aromatic heterocycles. The monoisotopic (exact) mass is 886 g/mol. The summed E-state index contributed by atoms with van der Waals surface area (Å²) >= 11 is 0. The van der Waals surface area contributed by atoms with Crippen molar-refractivity contribution in [1.29, 1.82) is 0 Å². The minimum Gasteiger partial charge on any atom is -0.478 e. The smallest absolute Gasteiger partial charge is 0.338 e. The molecule has 0 atom stereocenters. The highest BCUT2D eigenvalue weighted by molar-refractivity contribution is 6.05. The predicted molar refractivity (Wildman–Crippen MR) is 241 cm³/mol. The average molecular weight is 887 g/mol. The molecule has 66 heavy (non-hydrogen) atoms. The van der Waals surface area contributed by atoms with Gasteiger partial charge in [-0.05, 0) is 133 Å². The molecule has 12 heteroatoms. The van der Waals surface area contributed by atoms with Gasteiger partial charge in [0, 0.05) is 0 Å². The SMILES string of the molecule is O=C(O)C1=C(F)C=C(c2ccc(C(=C(c3ccc(-c4ccc(C(=O)O)c(F)c4)cc3)c3ccc(-c4ccc(C(=O)O)c(F)c4)cc3)c3ccc(-c4ccc(C(=O)O)c(F)c4)cc3)cc2)CC1. The quantitative estimate of drug-likeness (QED) is 0.0700. The van der Waals surface area contributed by atoms with E-state index in [0.717, 1.165) is 18.2 Å². The molecule has 0 saturated carbocycles. The van der Waals surface area contributed by atoms with Gasteiger partial charge in [0.2, 0.25) is 0 Å². The van der Waals surface area contributed by atoms with Gasteiger partial charge in [0.05, 0.1) is 22.3 Å². The molecule has 0 fully saturated rings. The molecule has 1 aliphatic carbocycles. The first-order valence-corrected chi connectivity index (χ1v) is 20.3. The lowest BCUT2D eigenvalue weighted by Gasteiger charge is -2.20. The van der Waals surface area contributed by atoms with E-state index in [9.17, 15) is 57.2 Å². The molecule has 8 nitrogen and oxygen atoms in total. The van der Waals surface area contributed by atoms with Gasteiger partial charge in [0.15, 0.2) is 0 Å². The molecule has 0 spiro atoms. The second kappa shape index (κ2) is 18.2. The van der Waals surface area contributed by atoms with Crippen molar-refractivity contribution in [2.45, 2.75) is 12.8 Å². The Morgan fingerprint density at radius 1 is 0.348 bits per heavy atom. The molecule has 0 amide bonds. The maximum atomic E-state index is 14.9. The number of aliphatic carboxylic acids is 1. The largest absolute Gasteiger partial charge is 0.478 e. The number of hydrogen-bond acceptors (Lipinski definition) is 4. The van der Waals surface area contributed by atoms with Gasteiger partial charge in [0.25, 0.3) is 0 Å². The summed E-state index contributed by atoms with van der Waals surface area (Å²) in [5, 5.41) is 37.5. The van der Waals surface area contributed by atoms with Crippen LogP contribution in [0.5, 0.6) is 0 Å². The van der Waals surface area contributed by atoms with Gasteiger partial charge in [-0.15, -0.1) is 0 Å². The lowest BCUT2D eigenvalue weighted by atomic mass is 9.83. The summed E-state index contributed by atoms with van der Waals surface area (Å²) in [6.07, 6.45) is 1.53. The fourth-order valence-electron chi connectivity index (χ4n) is 7.98. The maximum absolute atomic E-state index is 14.9. The standard InChI is InChI=1S/C54H34F4O8/c55-45-25-37(17-21-41(45)51(59)60)29-1-9-33(10-2-29)49(34-11-3-30(4-12-34)38-18-22-42(52(61)62)46(56)26-38)50(35-13-5-31(6-14-35)39-19-23-43(53(63)64)47(57)27-39)36-15-7-32(8-16-36)40-20-24-44(54(65)66)48(58)28-40/h1-19,21-23,25-28H,20,24H2,(H,59,60)(H,61,62)(H,63,64)(H,65,66). The topological polar surface area (TPSA) is 149 Å². The van der Waals surface area contributed by atoms with Crippen LogP contribution in [0, 0.1) is 17.5 Å². The Bertz CT molecular complexity index is 3100. The van der Waals surface area contributed by atoms with E-state index in [1.807, 2.05) is 48.5 Å². The van der Waals surface area contributed by atoms with E-state index in [1.165, 1.54) is 42.5 Å². The molecule has 4 N–H and O–H groups in total. The summed E-state index contributed by atoms with van der Waals surface area (Å²) in [5.41, 5.74) is 6.64. The van der Waals surface area contributed by atoms with E-state index >= 15 is 0 Å². The van der Waals surface area contributed by atoms with E-state index in [-0.39, 0.29) is 12.0 Å². The average Bonchev–Trinajstić information content (AvgIpc) is 3.30. The third-order valence-electron chi connectivity index (χ3n) is 11.4. The molecule has 7 aromatic rings. The van der Waals surface area contributed by atoms with Crippen LogP contribution in [0.1, 0.15) is 71.7 Å². The Hall–Kier alpha value is -8.64. The molecule has 0 saturated heterocycles. The molecule has 0 heterocycles. The summed E-state index contributed by atoms with van der Waals surface area (Å²) < 4.78 is 59.4. The second-order valence-corrected chi connectivity index (χ2v) is 15.4. The number of aromatic carboxylic acids is 3. The number of halogens is 4. The van der Waals surface area contributed by atoms with Gasteiger partial charge < -0.3 is 20.4 Å². The number of carboxylic acids is 4. The summed E-state index contributed by atoms with van der Waals surface area (Å²) in [5.74, 6) is -9.04. The Morgan fingerprint density at radius 2 is 0.636 bits per heavy atom. The lowest BCUT2D eigenvalue weighted by Crippen LogP contribution is -2.06. The Labute approximate surface area is 374 Å². The van der Waals surface area contributed by atoms with Crippen molar-refractivity contribution in [3.63, 3.8) is 0 Å². The van der Waals surface area contributed by atoms with E-state index in [0.29, 0.717) is 84.3 Å². The van der Waals surface area contributed by atoms with E-state index in [2.05, 4.69) is 0 Å². The Morgan fingerprint density at radius 3 is 0.894 bits per heavy atom. The molecule has 7 aromatic carbocycles. The van der Waals surface area contributed by atoms with Gasteiger partial charge in [-0.25, -0.2) is 36.7 Å². The van der Waals surface area contributed by atoms with Crippen molar-refractivity contribution < 1.29 is 57.2 Å². The molecule has 326 valence electrons. The van der Waals surface area contributed by atoms with Crippen molar-refractivity contribution in [3.8, 4) is 33.4 Å². The highest BCUT2D eigenvalue weighted by Crippen LogP contribution is 2.40. The lowest BCUT2D eigenvalue weighted by molar-refractivity contribution is -0.133. The number of carboxylic acid groups (broad SMARTS) is 4. The summed E-state index contributed by atoms with van der Waals surface area (Å²) in [6.45, 7) is 0. The first-order chi connectivity index (χ1) is 31.7. The first-order valence-electron chi connectivity index (χ1n) is 20.3. The van der Waals surface area contributed by atoms with Crippen LogP contribution in [0.3, 0.4) is 0 Å². The highest BCUT2D eigenvalue weighted by Gasteiger charge is 2.22. The van der Waals surface area contributed by atoms with Crippen LogP contribution in [0.4, 0.5) is 17.6 Å². The van der Waals surface area contributed by atoms with Crippen LogP contribution >= 0.6 is 0 Å². The van der Waals surface area contributed by atoms with Crippen LogP contribution in [0.15, 0.2) is 169 Å². The fraction of sp³-hybridized carbons (Fsp3) is 0.0370. The normalized spacial score (nSPS) is 12.3. The van der Waals surface area contributed by atoms with Crippen molar-refractivity contribution in [2.24, 2.45) is 0 Å². The van der Waals surface area contributed by atoms with Crippen LogP contribution < -0.4 is 0 Å². The Kier molecular flexibility index (Phi) is 12.1. The third kappa shape index (κ3) is 8.93. The maximum Gasteiger partial charge on any atom is 0.338 e. The fourth-order valence-corrected chi connectivity index (χ4v) is 7.98. The number of hydrogen-bond donors (Lipinski definition) is 4. The zero-order valence-corrected chi connectivity index (χ0v) is 34.4. The summed E-state index contributed by atoms with van der Waals surface area (Å²) in [4.78, 5) is 46.1. The van der Waals surface area contributed by atoms with Crippen molar-refractivity contribution in [1.82, 2.24) is 0 Å². The van der Waals surface area contributed by atoms with E-state index in [1.54, 1.807) is 48.5 Å². The summed E-state index contributed by atoms with van der Waals surface area (Å²) in [7, 11) is 0. The van der Waals surface area contributed by atoms with Crippen molar-refractivity contribution in [3.05, 3.63) is 231 Å². The van der Waals surface area contributed by atoms with Gasteiger partial charge in [-0.1, -0.05) is 115 Å². The van der Waals surface area contributed by atoms with E-state index < -0.39 is 63.8 Å². The minimum absolute atomic E-state index is 0.0119. The van der Waals surface area contributed by atoms with Gasteiger partial charge in [-0.2, -0.15) is 0 Å². The zero-order chi connectivity index (χ0) is 46.8. The minimum atomic E-state index is -1.40.